The number of hydrogen-bond acceptors (Lipinski definition) is 3. The first-order valence-electron chi connectivity index (χ1n) is 7.24. The maximum absolute atomic E-state index is 12.7. The van der Waals surface area contributed by atoms with Crippen molar-refractivity contribution >= 4 is 5.91 Å². The SMILES string of the molecule is C=CC1(C(N)C(=O)N2C(C#N)C[C@@H]3CC32)CCCC1. The van der Waals surface area contributed by atoms with Crippen molar-refractivity contribution in [3.63, 3.8) is 0 Å². The molecule has 1 heterocycles. The largest absolute Gasteiger partial charge is 0.322 e. The van der Waals surface area contributed by atoms with E-state index in [1.807, 2.05) is 6.08 Å². The summed E-state index contributed by atoms with van der Waals surface area (Å²) in [6, 6.07) is 1.76. The average molecular weight is 259 g/mol. The van der Waals surface area contributed by atoms with E-state index in [-0.39, 0.29) is 23.4 Å². The third-order valence-electron chi connectivity index (χ3n) is 5.33. The van der Waals surface area contributed by atoms with Gasteiger partial charge in [0.05, 0.1) is 12.1 Å². The molecule has 2 saturated carbocycles. The molecule has 19 heavy (non-hydrogen) atoms. The van der Waals surface area contributed by atoms with Gasteiger partial charge in [-0.3, -0.25) is 4.79 Å². The van der Waals surface area contributed by atoms with Crippen LogP contribution in [0, 0.1) is 22.7 Å². The lowest BCUT2D eigenvalue weighted by Gasteiger charge is -2.35. The third-order valence-corrected chi connectivity index (χ3v) is 5.33. The molecule has 2 N–H and O–H groups in total. The number of nitrogens with two attached hydrogens (primary N) is 1. The minimum absolute atomic E-state index is 0.0293. The molecule has 0 spiro atoms. The highest BCUT2D eigenvalue weighted by molar-refractivity contribution is 5.84. The van der Waals surface area contributed by atoms with Crippen LogP contribution in [-0.4, -0.2) is 28.9 Å². The monoisotopic (exact) mass is 259 g/mol. The molecule has 3 rings (SSSR count). The summed E-state index contributed by atoms with van der Waals surface area (Å²) in [5.74, 6) is 0.516. The van der Waals surface area contributed by atoms with Gasteiger partial charge in [-0.2, -0.15) is 5.26 Å². The van der Waals surface area contributed by atoms with E-state index in [0.717, 1.165) is 38.5 Å². The smallest absolute Gasteiger partial charge is 0.241 e. The number of nitrogens with zero attached hydrogens (tertiary/aromatic N) is 2. The van der Waals surface area contributed by atoms with Gasteiger partial charge >= 0.3 is 0 Å². The average Bonchev–Trinajstić information content (AvgIpc) is 2.91. The molecule has 0 bridgehead atoms. The van der Waals surface area contributed by atoms with Crippen molar-refractivity contribution < 1.29 is 4.79 Å². The molecule has 3 fully saturated rings. The van der Waals surface area contributed by atoms with Gasteiger partial charge in [-0.05, 0) is 31.6 Å². The van der Waals surface area contributed by atoms with Gasteiger partial charge in [0.15, 0.2) is 0 Å². The predicted octanol–water partition coefficient (Wildman–Crippen LogP) is 1.57. The number of piperidine rings is 1. The summed E-state index contributed by atoms with van der Waals surface area (Å²) in [6.45, 7) is 3.90. The predicted molar refractivity (Wildman–Crippen MR) is 71.8 cm³/mol. The molecule has 0 aromatic carbocycles. The maximum Gasteiger partial charge on any atom is 0.241 e. The standard InChI is InChI=1S/C15H21N3O/c1-2-15(5-3-4-6-15)13(17)14(19)18-11(9-16)7-10-8-12(10)18/h2,10-13H,1,3-8,17H2/t10-,11?,12?,13?/m1/s1. The van der Waals surface area contributed by atoms with Crippen molar-refractivity contribution in [2.75, 3.05) is 0 Å². The highest BCUT2D eigenvalue weighted by Crippen LogP contribution is 2.49. The van der Waals surface area contributed by atoms with Gasteiger partial charge in [0.25, 0.3) is 0 Å². The number of hydrogen-bond donors (Lipinski definition) is 1. The summed E-state index contributed by atoms with van der Waals surface area (Å²) >= 11 is 0. The number of rotatable bonds is 3. The van der Waals surface area contributed by atoms with Crippen molar-refractivity contribution in [1.82, 2.24) is 4.90 Å². The fraction of sp³-hybridized carbons (Fsp3) is 0.733. The van der Waals surface area contributed by atoms with Crippen LogP contribution >= 0.6 is 0 Å². The number of nitriles is 1. The molecule has 0 radical (unpaired) electrons. The summed E-state index contributed by atoms with van der Waals surface area (Å²) in [7, 11) is 0. The van der Waals surface area contributed by atoms with E-state index in [0.29, 0.717) is 5.92 Å². The number of amides is 1. The molecule has 0 aromatic rings. The molecule has 3 aliphatic rings. The van der Waals surface area contributed by atoms with Crippen molar-refractivity contribution in [2.45, 2.75) is 56.7 Å². The van der Waals surface area contributed by atoms with E-state index < -0.39 is 6.04 Å². The van der Waals surface area contributed by atoms with Crippen LogP contribution < -0.4 is 5.73 Å². The Kier molecular flexibility index (Phi) is 2.90. The van der Waals surface area contributed by atoms with Crippen LogP contribution in [0.1, 0.15) is 38.5 Å². The van der Waals surface area contributed by atoms with Crippen molar-refractivity contribution in [2.24, 2.45) is 17.1 Å². The molecule has 1 aliphatic heterocycles. The number of carbonyl (C=O) groups excluding carboxylic acids is 1. The second-order valence-corrected chi connectivity index (χ2v) is 6.31. The molecular formula is C15H21N3O. The molecule has 1 amide bonds. The summed E-state index contributed by atoms with van der Waals surface area (Å²) in [5.41, 5.74) is 6.03. The first-order valence-corrected chi connectivity index (χ1v) is 7.24. The van der Waals surface area contributed by atoms with Crippen LogP contribution in [0.5, 0.6) is 0 Å². The molecule has 4 nitrogen and oxygen atoms in total. The molecule has 2 aliphatic carbocycles. The summed E-state index contributed by atoms with van der Waals surface area (Å²) in [5, 5.41) is 9.19. The third kappa shape index (κ3) is 1.80. The molecule has 3 unspecified atom stereocenters. The molecule has 4 heteroatoms. The van der Waals surface area contributed by atoms with Crippen LogP contribution in [0.15, 0.2) is 12.7 Å². The maximum atomic E-state index is 12.7. The van der Waals surface area contributed by atoms with Crippen LogP contribution in [0.2, 0.25) is 0 Å². The number of fused-ring (bicyclic) bond motifs is 1. The summed E-state index contributed by atoms with van der Waals surface area (Å²) in [6.07, 6.45) is 7.88. The molecule has 1 saturated heterocycles. The highest BCUT2D eigenvalue weighted by atomic mass is 16.2. The van der Waals surface area contributed by atoms with Gasteiger partial charge in [0.2, 0.25) is 5.91 Å². The van der Waals surface area contributed by atoms with E-state index >= 15 is 0 Å². The van der Waals surface area contributed by atoms with E-state index in [4.69, 9.17) is 5.73 Å². The van der Waals surface area contributed by atoms with Crippen LogP contribution in [0.3, 0.4) is 0 Å². The van der Waals surface area contributed by atoms with Crippen molar-refractivity contribution in [3.05, 3.63) is 12.7 Å². The molecular weight excluding hydrogens is 238 g/mol. The van der Waals surface area contributed by atoms with Gasteiger partial charge in [-0.25, -0.2) is 0 Å². The Hall–Kier alpha value is -1.34. The van der Waals surface area contributed by atoms with Crippen LogP contribution in [0.4, 0.5) is 0 Å². The molecule has 4 atom stereocenters. The van der Waals surface area contributed by atoms with Gasteiger partial charge in [0, 0.05) is 11.5 Å². The summed E-state index contributed by atoms with van der Waals surface area (Å²) < 4.78 is 0. The Bertz CT molecular complexity index is 447. The zero-order valence-electron chi connectivity index (χ0n) is 11.2. The van der Waals surface area contributed by atoms with Gasteiger partial charge in [-0.15, -0.1) is 6.58 Å². The fourth-order valence-electron chi connectivity index (χ4n) is 3.97. The van der Waals surface area contributed by atoms with Crippen molar-refractivity contribution in [3.8, 4) is 6.07 Å². The van der Waals surface area contributed by atoms with Gasteiger partial charge in [-0.1, -0.05) is 18.9 Å². The topological polar surface area (TPSA) is 70.1 Å². The lowest BCUT2D eigenvalue weighted by molar-refractivity contribution is -0.136. The van der Waals surface area contributed by atoms with E-state index in [1.54, 1.807) is 4.90 Å². The van der Waals surface area contributed by atoms with Gasteiger partial charge < -0.3 is 10.6 Å². The lowest BCUT2D eigenvalue weighted by Crippen LogP contribution is -2.54. The summed E-state index contributed by atoms with van der Waals surface area (Å²) in [4.78, 5) is 14.5. The minimum Gasteiger partial charge on any atom is -0.322 e. The second kappa shape index (κ2) is 4.35. The number of likely N-dealkylation sites (tertiary alicyclic amines) is 1. The van der Waals surface area contributed by atoms with Gasteiger partial charge in [0.1, 0.15) is 6.04 Å². The Balaban J connectivity index is 1.80. The Morgan fingerprint density at radius 2 is 2.16 bits per heavy atom. The molecule has 0 aromatic heterocycles. The van der Waals surface area contributed by atoms with Crippen molar-refractivity contribution in [1.29, 1.82) is 5.26 Å². The highest BCUT2D eigenvalue weighted by Gasteiger charge is 2.56. The first-order chi connectivity index (χ1) is 9.13. The minimum atomic E-state index is -0.525. The first kappa shape index (κ1) is 12.7. The Morgan fingerprint density at radius 3 is 2.74 bits per heavy atom. The van der Waals surface area contributed by atoms with E-state index in [2.05, 4.69) is 12.6 Å². The van der Waals surface area contributed by atoms with Crippen LogP contribution in [-0.2, 0) is 4.79 Å². The quantitative estimate of drug-likeness (QED) is 0.782. The Morgan fingerprint density at radius 1 is 1.47 bits per heavy atom. The lowest BCUT2D eigenvalue weighted by atomic mass is 9.78. The van der Waals surface area contributed by atoms with E-state index in [1.165, 1.54) is 0 Å². The zero-order valence-corrected chi connectivity index (χ0v) is 11.2. The Labute approximate surface area is 114 Å². The molecule has 102 valence electrons. The zero-order chi connectivity index (χ0) is 13.6. The van der Waals surface area contributed by atoms with E-state index in [9.17, 15) is 10.1 Å². The fourth-order valence-corrected chi connectivity index (χ4v) is 3.97. The number of carbonyl (C=O) groups is 1. The second-order valence-electron chi connectivity index (χ2n) is 6.31. The normalized spacial score (nSPS) is 36.4. The van der Waals surface area contributed by atoms with Crippen LogP contribution in [0.25, 0.3) is 0 Å².